The van der Waals surface area contributed by atoms with Crippen molar-refractivity contribution < 1.29 is 23.4 Å². The second-order valence-electron chi connectivity index (χ2n) is 9.18. The number of alkyl halides is 2. The molecule has 35 heavy (non-hydrogen) atoms. The summed E-state index contributed by atoms with van der Waals surface area (Å²) in [6.45, 7) is 0.228. The molecule has 0 radical (unpaired) electrons. The molecule has 2 fully saturated rings. The minimum Gasteiger partial charge on any atom is -0.493 e. The SMILES string of the molecule is OC(NCc1ccc(OC2CCN(c3ccc(OCC4CC4)cc3)C2)cc1)c1cnn(C(F)F)c1. The number of aliphatic hydroxyl groups is 1. The highest BCUT2D eigenvalue weighted by atomic mass is 19.3. The quantitative estimate of drug-likeness (QED) is 0.391. The fraction of sp³-hybridized carbons (Fsp3) is 0.423. The van der Waals surface area contributed by atoms with Gasteiger partial charge in [0, 0.05) is 37.0 Å². The lowest BCUT2D eigenvalue weighted by atomic mass is 10.2. The standard InChI is InChI=1S/C26H30F2N4O3/c27-26(28)32-15-20(14-30-32)25(33)29-13-18-3-7-23(8-4-18)35-24-11-12-31(16-24)21-5-9-22(10-6-21)34-17-19-1-2-19/h3-10,14-15,19,24-26,29,33H,1-2,11-13,16-17H2. The Kier molecular flexibility index (Phi) is 7.15. The number of aromatic nitrogens is 2. The van der Waals surface area contributed by atoms with Gasteiger partial charge in [0.1, 0.15) is 23.8 Å². The molecule has 0 bridgehead atoms. The molecule has 5 rings (SSSR count). The predicted molar refractivity (Wildman–Crippen MR) is 128 cm³/mol. The average molecular weight is 485 g/mol. The van der Waals surface area contributed by atoms with Crippen LogP contribution < -0.4 is 19.7 Å². The Labute approximate surface area is 203 Å². The van der Waals surface area contributed by atoms with Crippen molar-refractivity contribution >= 4 is 5.69 Å². The third-order valence-corrected chi connectivity index (χ3v) is 6.39. The van der Waals surface area contributed by atoms with Gasteiger partial charge in [-0.3, -0.25) is 5.32 Å². The monoisotopic (exact) mass is 484 g/mol. The van der Waals surface area contributed by atoms with E-state index in [4.69, 9.17) is 9.47 Å². The summed E-state index contributed by atoms with van der Waals surface area (Å²) in [6.07, 6.45) is 4.90. The molecule has 1 aromatic heterocycles. The fourth-order valence-electron chi connectivity index (χ4n) is 4.12. The molecule has 2 unspecified atom stereocenters. The Hall–Kier alpha value is -3.17. The second-order valence-corrected chi connectivity index (χ2v) is 9.18. The zero-order valence-corrected chi connectivity index (χ0v) is 19.4. The lowest BCUT2D eigenvalue weighted by Gasteiger charge is -2.19. The summed E-state index contributed by atoms with van der Waals surface area (Å²) in [5, 5.41) is 16.6. The van der Waals surface area contributed by atoms with Gasteiger partial charge >= 0.3 is 6.55 Å². The molecule has 0 spiro atoms. The number of benzene rings is 2. The van der Waals surface area contributed by atoms with Crippen LogP contribution in [0.3, 0.4) is 0 Å². The number of nitrogens with zero attached hydrogens (tertiary/aromatic N) is 3. The van der Waals surface area contributed by atoms with E-state index in [1.807, 2.05) is 36.4 Å². The van der Waals surface area contributed by atoms with Crippen LogP contribution in [0.2, 0.25) is 0 Å². The molecule has 2 heterocycles. The zero-order chi connectivity index (χ0) is 24.2. The summed E-state index contributed by atoms with van der Waals surface area (Å²) in [5.41, 5.74) is 2.40. The van der Waals surface area contributed by atoms with Crippen LogP contribution in [0.25, 0.3) is 0 Å². The number of aliphatic hydroxyl groups excluding tert-OH is 1. The Morgan fingerprint density at radius 1 is 1.03 bits per heavy atom. The van der Waals surface area contributed by atoms with E-state index in [-0.39, 0.29) is 11.7 Å². The third-order valence-electron chi connectivity index (χ3n) is 6.39. The van der Waals surface area contributed by atoms with Gasteiger partial charge in [-0.25, -0.2) is 4.68 Å². The van der Waals surface area contributed by atoms with E-state index in [2.05, 4.69) is 27.4 Å². The van der Waals surface area contributed by atoms with Crippen LogP contribution in [0.15, 0.2) is 60.9 Å². The van der Waals surface area contributed by atoms with Gasteiger partial charge in [0.2, 0.25) is 0 Å². The van der Waals surface area contributed by atoms with Gasteiger partial charge in [0.05, 0.1) is 19.3 Å². The van der Waals surface area contributed by atoms with Crippen LogP contribution in [0.1, 0.15) is 43.2 Å². The number of halogens is 2. The summed E-state index contributed by atoms with van der Waals surface area (Å²) in [7, 11) is 0. The van der Waals surface area contributed by atoms with Crippen molar-refractivity contribution in [3.05, 3.63) is 72.1 Å². The lowest BCUT2D eigenvalue weighted by Crippen LogP contribution is -2.24. The van der Waals surface area contributed by atoms with Crippen LogP contribution in [-0.4, -0.2) is 40.7 Å². The Bertz CT molecular complexity index is 1090. The van der Waals surface area contributed by atoms with Crippen molar-refractivity contribution in [2.75, 3.05) is 24.6 Å². The van der Waals surface area contributed by atoms with Crippen molar-refractivity contribution in [3.63, 3.8) is 0 Å². The first-order valence-electron chi connectivity index (χ1n) is 12.0. The van der Waals surface area contributed by atoms with Crippen molar-refractivity contribution in [2.45, 2.75) is 44.7 Å². The van der Waals surface area contributed by atoms with E-state index in [9.17, 15) is 13.9 Å². The van der Waals surface area contributed by atoms with E-state index in [0.29, 0.717) is 11.2 Å². The maximum Gasteiger partial charge on any atom is 0.333 e. The van der Waals surface area contributed by atoms with Crippen LogP contribution in [0.5, 0.6) is 11.5 Å². The first-order valence-corrected chi connectivity index (χ1v) is 12.0. The van der Waals surface area contributed by atoms with Crippen molar-refractivity contribution in [2.24, 2.45) is 5.92 Å². The molecule has 1 aliphatic carbocycles. The highest BCUT2D eigenvalue weighted by Gasteiger charge is 2.25. The maximum atomic E-state index is 12.6. The highest BCUT2D eigenvalue weighted by molar-refractivity contribution is 5.50. The van der Waals surface area contributed by atoms with E-state index >= 15 is 0 Å². The van der Waals surface area contributed by atoms with Crippen LogP contribution in [-0.2, 0) is 6.54 Å². The van der Waals surface area contributed by atoms with Crippen LogP contribution in [0.4, 0.5) is 14.5 Å². The molecule has 186 valence electrons. The normalized spacial score (nSPS) is 18.7. The van der Waals surface area contributed by atoms with Gasteiger partial charge in [-0.2, -0.15) is 13.9 Å². The van der Waals surface area contributed by atoms with Crippen LogP contribution >= 0.6 is 0 Å². The molecular weight excluding hydrogens is 454 g/mol. The maximum absolute atomic E-state index is 12.6. The van der Waals surface area contributed by atoms with Gasteiger partial charge in [0.25, 0.3) is 0 Å². The van der Waals surface area contributed by atoms with Gasteiger partial charge in [0.15, 0.2) is 0 Å². The first kappa shape index (κ1) is 23.6. The van der Waals surface area contributed by atoms with Gasteiger partial charge < -0.3 is 19.5 Å². The highest BCUT2D eigenvalue weighted by Crippen LogP contribution is 2.30. The van der Waals surface area contributed by atoms with E-state index < -0.39 is 12.8 Å². The Balaban J connectivity index is 1.07. The summed E-state index contributed by atoms with van der Waals surface area (Å²) in [6, 6.07) is 16.0. The molecule has 3 aromatic rings. The lowest BCUT2D eigenvalue weighted by molar-refractivity contribution is 0.0560. The number of ether oxygens (including phenoxy) is 2. The molecule has 1 saturated carbocycles. The zero-order valence-electron chi connectivity index (χ0n) is 19.4. The minimum absolute atomic E-state index is 0.109. The summed E-state index contributed by atoms with van der Waals surface area (Å²) in [4.78, 5) is 2.32. The van der Waals surface area contributed by atoms with Gasteiger partial charge in [-0.05, 0) is 60.7 Å². The summed E-state index contributed by atoms with van der Waals surface area (Å²) in [5.74, 6) is 2.47. The number of anilines is 1. The Morgan fingerprint density at radius 3 is 2.46 bits per heavy atom. The molecule has 7 nitrogen and oxygen atoms in total. The van der Waals surface area contributed by atoms with E-state index in [0.717, 1.165) is 55.3 Å². The summed E-state index contributed by atoms with van der Waals surface area (Å²) >= 11 is 0. The summed E-state index contributed by atoms with van der Waals surface area (Å²) < 4.78 is 37.8. The van der Waals surface area contributed by atoms with E-state index in [1.54, 1.807) is 0 Å². The molecule has 1 aliphatic heterocycles. The van der Waals surface area contributed by atoms with Gasteiger partial charge in [-0.15, -0.1) is 0 Å². The molecule has 2 N–H and O–H groups in total. The second kappa shape index (κ2) is 10.6. The molecule has 2 aromatic carbocycles. The topological polar surface area (TPSA) is 71.8 Å². The number of rotatable bonds is 11. The molecule has 9 heteroatoms. The third kappa shape index (κ3) is 6.29. The van der Waals surface area contributed by atoms with Crippen LogP contribution in [0, 0.1) is 5.92 Å². The smallest absolute Gasteiger partial charge is 0.333 e. The molecule has 0 amide bonds. The predicted octanol–water partition coefficient (Wildman–Crippen LogP) is 4.51. The Morgan fingerprint density at radius 2 is 1.77 bits per heavy atom. The molecule has 2 atom stereocenters. The first-order chi connectivity index (χ1) is 17.0. The molecule has 1 saturated heterocycles. The van der Waals surface area contributed by atoms with Crippen molar-refractivity contribution in [1.29, 1.82) is 0 Å². The van der Waals surface area contributed by atoms with Crippen molar-refractivity contribution in [3.8, 4) is 11.5 Å². The number of hydrogen-bond acceptors (Lipinski definition) is 6. The largest absolute Gasteiger partial charge is 0.493 e. The van der Waals surface area contributed by atoms with Gasteiger partial charge in [-0.1, -0.05) is 12.1 Å². The number of hydrogen-bond donors (Lipinski definition) is 2. The number of nitrogens with one attached hydrogen (secondary N) is 1. The molecule has 2 aliphatic rings. The van der Waals surface area contributed by atoms with Crippen molar-refractivity contribution in [1.82, 2.24) is 15.1 Å². The average Bonchev–Trinajstić information content (AvgIpc) is 3.35. The fourth-order valence-corrected chi connectivity index (χ4v) is 4.12. The van der Waals surface area contributed by atoms with E-state index in [1.165, 1.54) is 24.7 Å². The molecular formula is C26H30F2N4O3. The minimum atomic E-state index is -2.73.